The molecule has 1 aromatic heterocycles. The van der Waals surface area contributed by atoms with E-state index in [1.807, 2.05) is 0 Å². The fourth-order valence-corrected chi connectivity index (χ4v) is 3.24. The number of methoxy groups -OCH3 is 1. The summed E-state index contributed by atoms with van der Waals surface area (Å²) in [5.74, 6) is -0.638. The first kappa shape index (κ1) is 13.4. The van der Waals surface area contributed by atoms with Gasteiger partial charge in [-0.25, -0.2) is 0 Å². The first-order valence-corrected chi connectivity index (χ1v) is 7.00. The minimum absolute atomic E-state index is 0.0699. The highest BCUT2D eigenvalue weighted by molar-refractivity contribution is 9.11. The topological polar surface area (TPSA) is 66.8 Å². The van der Waals surface area contributed by atoms with Crippen LogP contribution in [0.2, 0.25) is 0 Å². The van der Waals surface area contributed by atoms with Crippen molar-refractivity contribution in [3.05, 3.63) is 14.7 Å². The number of ether oxygens (including phenoxy) is 1. The normalized spacial score (nSPS) is 14.3. The van der Waals surface area contributed by atoms with Gasteiger partial charge in [0.2, 0.25) is 0 Å². The van der Waals surface area contributed by atoms with Crippen molar-refractivity contribution in [3.63, 3.8) is 0 Å². The summed E-state index contributed by atoms with van der Waals surface area (Å²) < 4.78 is 5.82. The highest BCUT2D eigenvalue weighted by Crippen LogP contribution is 2.36. The predicted molar refractivity (Wildman–Crippen MR) is 70.3 cm³/mol. The van der Waals surface area contributed by atoms with Gasteiger partial charge in [-0.05, 0) is 28.8 Å². The van der Waals surface area contributed by atoms with Crippen LogP contribution < -0.4 is 4.74 Å². The molecule has 7 heteroatoms. The molecule has 0 unspecified atom stereocenters. The third-order valence-electron chi connectivity index (χ3n) is 2.64. The Morgan fingerprint density at radius 3 is 2.72 bits per heavy atom. The lowest BCUT2D eigenvalue weighted by Gasteiger charge is -2.18. The number of carbonyl (C=O) groups is 2. The smallest absolute Gasteiger partial charge is 0.323 e. The van der Waals surface area contributed by atoms with Gasteiger partial charge in [-0.2, -0.15) is 0 Å². The summed E-state index contributed by atoms with van der Waals surface area (Å²) in [5, 5.41) is 8.84. The van der Waals surface area contributed by atoms with Crippen LogP contribution in [0.5, 0.6) is 5.75 Å². The summed E-state index contributed by atoms with van der Waals surface area (Å²) in [6, 6.07) is 1.70. The molecule has 98 valence electrons. The minimum Gasteiger partial charge on any atom is -0.495 e. The molecular weight excluding hydrogens is 322 g/mol. The molecule has 0 aliphatic heterocycles. The van der Waals surface area contributed by atoms with Crippen molar-refractivity contribution >= 4 is 39.1 Å². The van der Waals surface area contributed by atoms with Crippen molar-refractivity contribution in [3.8, 4) is 5.75 Å². The van der Waals surface area contributed by atoms with Gasteiger partial charge < -0.3 is 14.7 Å². The van der Waals surface area contributed by atoms with Gasteiger partial charge in [0.1, 0.15) is 16.1 Å². The van der Waals surface area contributed by atoms with E-state index in [2.05, 4.69) is 15.9 Å². The van der Waals surface area contributed by atoms with E-state index in [1.54, 1.807) is 6.07 Å². The van der Waals surface area contributed by atoms with Gasteiger partial charge in [0.05, 0.1) is 12.0 Å². The molecule has 1 aliphatic carbocycles. The molecule has 0 bridgehead atoms. The van der Waals surface area contributed by atoms with Crippen LogP contribution in [-0.2, 0) is 4.79 Å². The summed E-state index contributed by atoms with van der Waals surface area (Å²) in [6.45, 7) is -0.249. The third kappa shape index (κ3) is 2.84. The van der Waals surface area contributed by atoms with E-state index in [-0.39, 0.29) is 18.5 Å². The highest BCUT2D eigenvalue weighted by atomic mass is 79.9. The van der Waals surface area contributed by atoms with Crippen LogP contribution in [-0.4, -0.2) is 41.6 Å². The quantitative estimate of drug-likeness (QED) is 0.897. The Balaban J connectivity index is 2.18. The van der Waals surface area contributed by atoms with Crippen LogP contribution in [0.1, 0.15) is 22.5 Å². The average Bonchev–Trinajstić information content (AvgIpc) is 3.08. The van der Waals surface area contributed by atoms with Crippen LogP contribution in [0.15, 0.2) is 9.85 Å². The second-order valence-electron chi connectivity index (χ2n) is 4.01. The maximum atomic E-state index is 12.2. The molecule has 18 heavy (non-hydrogen) atoms. The first-order valence-electron chi connectivity index (χ1n) is 5.39. The molecule has 1 aliphatic rings. The van der Waals surface area contributed by atoms with E-state index in [4.69, 9.17) is 9.84 Å². The fraction of sp³-hybridized carbons (Fsp3) is 0.455. The van der Waals surface area contributed by atoms with E-state index in [0.717, 1.165) is 16.6 Å². The van der Waals surface area contributed by atoms with Gasteiger partial charge in [-0.3, -0.25) is 9.59 Å². The van der Waals surface area contributed by atoms with Crippen molar-refractivity contribution in [2.45, 2.75) is 18.9 Å². The molecule has 0 aromatic carbocycles. The molecule has 0 saturated heterocycles. The number of amides is 1. The molecule has 0 spiro atoms. The van der Waals surface area contributed by atoms with Crippen molar-refractivity contribution in [1.29, 1.82) is 0 Å². The van der Waals surface area contributed by atoms with E-state index in [1.165, 1.54) is 23.3 Å². The van der Waals surface area contributed by atoms with Crippen molar-refractivity contribution in [1.82, 2.24) is 4.90 Å². The van der Waals surface area contributed by atoms with Gasteiger partial charge in [-0.1, -0.05) is 0 Å². The Morgan fingerprint density at radius 1 is 1.61 bits per heavy atom. The maximum Gasteiger partial charge on any atom is 0.323 e. The number of aliphatic carboxylic acids is 1. The Labute approximate surface area is 116 Å². The molecule has 2 rings (SSSR count). The zero-order chi connectivity index (χ0) is 13.3. The summed E-state index contributed by atoms with van der Waals surface area (Å²) in [7, 11) is 1.52. The lowest BCUT2D eigenvalue weighted by Crippen LogP contribution is -2.37. The van der Waals surface area contributed by atoms with Gasteiger partial charge in [0, 0.05) is 12.1 Å². The highest BCUT2D eigenvalue weighted by Gasteiger charge is 2.35. The maximum absolute atomic E-state index is 12.2. The van der Waals surface area contributed by atoms with Gasteiger partial charge in [0.15, 0.2) is 0 Å². The van der Waals surface area contributed by atoms with Crippen molar-refractivity contribution in [2.24, 2.45) is 0 Å². The number of hydrogen-bond acceptors (Lipinski definition) is 4. The van der Waals surface area contributed by atoms with E-state index >= 15 is 0 Å². The second-order valence-corrected chi connectivity index (χ2v) is 6.38. The third-order valence-corrected chi connectivity index (χ3v) is 4.41. The van der Waals surface area contributed by atoms with E-state index in [0.29, 0.717) is 10.6 Å². The Hall–Kier alpha value is -1.08. The SMILES string of the molecule is COc1cc(C(=O)N(CC(=O)O)C2CC2)sc1Br. The Bertz CT molecular complexity index is 483. The monoisotopic (exact) mass is 333 g/mol. The summed E-state index contributed by atoms with van der Waals surface area (Å²) in [4.78, 5) is 24.9. The first-order chi connectivity index (χ1) is 8.52. The average molecular weight is 334 g/mol. The van der Waals surface area contributed by atoms with Crippen LogP contribution in [0, 0.1) is 0 Å². The fourth-order valence-electron chi connectivity index (χ4n) is 1.64. The van der Waals surface area contributed by atoms with Gasteiger partial charge >= 0.3 is 5.97 Å². The number of thiophene rings is 1. The van der Waals surface area contributed by atoms with E-state index in [9.17, 15) is 9.59 Å². The molecule has 1 heterocycles. The molecule has 1 aromatic rings. The molecule has 1 saturated carbocycles. The molecule has 1 N–H and O–H groups in total. The lowest BCUT2D eigenvalue weighted by atomic mass is 10.3. The molecular formula is C11H12BrNO4S. The number of rotatable bonds is 5. The molecule has 0 atom stereocenters. The van der Waals surface area contributed by atoms with E-state index < -0.39 is 5.97 Å². The zero-order valence-corrected chi connectivity index (χ0v) is 12.1. The largest absolute Gasteiger partial charge is 0.495 e. The number of hydrogen-bond donors (Lipinski definition) is 1. The molecule has 1 amide bonds. The van der Waals surface area contributed by atoms with Crippen molar-refractivity contribution < 1.29 is 19.4 Å². The number of halogens is 1. The minimum atomic E-state index is -0.988. The zero-order valence-electron chi connectivity index (χ0n) is 9.68. The number of carboxylic acid groups (broad SMARTS) is 1. The van der Waals surface area contributed by atoms with Gasteiger partial charge in [-0.15, -0.1) is 11.3 Å². The Kier molecular flexibility index (Phi) is 3.91. The number of carboxylic acids is 1. The standard InChI is InChI=1S/C11H12BrNO4S/c1-17-7-4-8(18-10(7)12)11(16)13(5-9(14)15)6-2-3-6/h4,6H,2-3,5H2,1H3,(H,14,15). The Morgan fingerprint density at radius 2 is 2.28 bits per heavy atom. The summed E-state index contributed by atoms with van der Waals surface area (Å²) >= 11 is 4.56. The van der Waals surface area contributed by atoms with Gasteiger partial charge in [0.25, 0.3) is 5.91 Å². The number of nitrogens with zero attached hydrogens (tertiary/aromatic N) is 1. The summed E-state index contributed by atoms with van der Waals surface area (Å²) in [5.41, 5.74) is 0. The molecule has 5 nitrogen and oxygen atoms in total. The molecule has 0 radical (unpaired) electrons. The summed E-state index contributed by atoms with van der Waals surface area (Å²) in [6.07, 6.45) is 1.76. The van der Waals surface area contributed by atoms with Crippen LogP contribution in [0.25, 0.3) is 0 Å². The lowest BCUT2D eigenvalue weighted by molar-refractivity contribution is -0.137. The number of carbonyl (C=O) groups excluding carboxylic acids is 1. The van der Waals surface area contributed by atoms with Crippen LogP contribution >= 0.6 is 27.3 Å². The van der Waals surface area contributed by atoms with Crippen LogP contribution in [0.4, 0.5) is 0 Å². The molecule has 1 fully saturated rings. The second kappa shape index (κ2) is 5.27. The predicted octanol–water partition coefficient (Wildman–Crippen LogP) is 2.21. The van der Waals surface area contributed by atoms with Crippen molar-refractivity contribution in [2.75, 3.05) is 13.7 Å². The van der Waals surface area contributed by atoms with Crippen LogP contribution in [0.3, 0.4) is 0 Å².